The first-order valence-corrected chi connectivity index (χ1v) is 18.8. The first kappa shape index (κ1) is 33.6. The Labute approximate surface area is 324 Å². The van der Waals surface area contributed by atoms with Gasteiger partial charge in [-0.2, -0.15) is 0 Å². The lowest BCUT2D eigenvalue weighted by Gasteiger charge is -2.27. The van der Waals surface area contributed by atoms with E-state index in [0.717, 1.165) is 17.1 Å². The molecule has 0 fully saturated rings. The lowest BCUT2D eigenvalue weighted by Crippen LogP contribution is -2.10. The van der Waals surface area contributed by atoms with Gasteiger partial charge >= 0.3 is 0 Å². The van der Waals surface area contributed by atoms with E-state index in [4.69, 9.17) is 0 Å². The van der Waals surface area contributed by atoms with Crippen molar-refractivity contribution in [2.24, 2.45) is 0 Å². The summed E-state index contributed by atoms with van der Waals surface area (Å²) in [6.07, 6.45) is 0. The van der Waals surface area contributed by atoms with Crippen LogP contribution in [0.25, 0.3) is 66.8 Å². The van der Waals surface area contributed by atoms with E-state index in [9.17, 15) is 0 Å². The Morgan fingerprint density at radius 2 is 0.545 bits per heavy atom. The highest BCUT2D eigenvalue weighted by Gasteiger charge is 2.18. The second-order valence-corrected chi connectivity index (χ2v) is 13.8. The van der Waals surface area contributed by atoms with Gasteiger partial charge in [0, 0.05) is 17.1 Å². The van der Waals surface area contributed by atoms with Gasteiger partial charge in [-0.25, -0.2) is 0 Å². The van der Waals surface area contributed by atoms with Crippen LogP contribution in [0, 0.1) is 0 Å². The van der Waals surface area contributed by atoms with Crippen LogP contribution in [0.2, 0.25) is 0 Å². The summed E-state index contributed by atoms with van der Waals surface area (Å²) in [5.74, 6) is 0. The third-order valence-corrected chi connectivity index (χ3v) is 10.2. The van der Waals surface area contributed by atoms with Crippen LogP contribution in [0.1, 0.15) is 0 Å². The van der Waals surface area contributed by atoms with Crippen LogP contribution in [0.3, 0.4) is 0 Å². The van der Waals surface area contributed by atoms with Crippen molar-refractivity contribution in [1.29, 1.82) is 0 Å². The van der Waals surface area contributed by atoms with E-state index < -0.39 is 0 Å². The fourth-order valence-corrected chi connectivity index (χ4v) is 7.51. The predicted molar refractivity (Wildman–Crippen MR) is 234 cm³/mol. The molecular weight excluding hydrogens is 663 g/mol. The Bertz CT molecular complexity index is 2610. The molecule has 0 aromatic heterocycles. The van der Waals surface area contributed by atoms with E-state index in [1.165, 1.54) is 66.8 Å². The largest absolute Gasteiger partial charge is 0.310 e. The highest BCUT2D eigenvalue weighted by atomic mass is 15.1. The van der Waals surface area contributed by atoms with Crippen LogP contribution in [-0.4, -0.2) is 0 Å². The van der Waals surface area contributed by atoms with E-state index in [1.807, 2.05) is 0 Å². The number of nitrogens with zero attached hydrogens (tertiary/aromatic N) is 1. The van der Waals surface area contributed by atoms with E-state index in [1.54, 1.807) is 0 Å². The molecule has 0 heterocycles. The van der Waals surface area contributed by atoms with Crippen molar-refractivity contribution in [3.8, 4) is 66.8 Å². The van der Waals surface area contributed by atoms with Crippen LogP contribution in [-0.2, 0) is 0 Å². The van der Waals surface area contributed by atoms with Gasteiger partial charge < -0.3 is 4.90 Å². The molecule has 1 nitrogen and oxygen atoms in total. The first-order chi connectivity index (χ1) is 27.3. The standard InChI is InChI=1S/C54H39N/c1-5-17-40(18-6-1)45-25-15-27-47(35-45)54-30-14-13-29-53(54)44-31-33-50(34-32-44)55(51-28-16-26-46(37-51)41-19-7-2-8-20-41)52-38-48(42-21-9-3-10-22-42)36-49(39-52)43-23-11-4-12-24-43/h1-39H. The number of hydrogen-bond acceptors (Lipinski definition) is 1. The molecule has 0 saturated heterocycles. The fourth-order valence-electron chi connectivity index (χ4n) is 7.51. The molecule has 260 valence electrons. The van der Waals surface area contributed by atoms with E-state index in [0.29, 0.717) is 0 Å². The Hall–Kier alpha value is -7.22. The third kappa shape index (κ3) is 7.25. The Kier molecular flexibility index (Phi) is 9.41. The van der Waals surface area contributed by atoms with Crippen molar-refractivity contribution in [2.45, 2.75) is 0 Å². The molecule has 1 heteroatoms. The minimum Gasteiger partial charge on any atom is -0.310 e. The highest BCUT2D eigenvalue weighted by Crippen LogP contribution is 2.42. The smallest absolute Gasteiger partial charge is 0.0473 e. The minimum atomic E-state index is 1.08. The molecule has 0 N–H and O–H groups in total. The third-order valence-electron chi connectivity index (χ3n) is 10.2. The molecule has 0 aliphatic carbocycles. The summed E-state index contributed by atoms with van der Waals surface area (Å²) in [5, 5.41) is 0. The van der Waals surface area contributed by atoms with Crippen molar-refractivity contribution in [2.75, 3.05) is 4.90 Å². The van der Waals surface area contributed by atoms with Crippen molar-refractivity contribution < 1.29 is 0 Å². The quantitative estimate of drug-likeness (QED) is 0.145. The molecule has 9 aromatic carbocycles. The summed E-state index contributed by atoms with van der Waals surface area (Å²) in [4.78, 5) is 2.39. The maximum atomic E-state index is 2.39. The van der Waals surface area contributed by atoms with E-state index in [2.05, 4.69) is 241 Å². The average molecular weight is 702 g/mol. The molecule has 0 aliphatic heterocycles. The number of hydrogen-bond donors (Lipinski definition) is 0. The van der Waals surface area contributed by atoms with Gasteiger partial charge in [0.1, 0.15) is 0 Å². The zero-order valence-corrected chi connectivity index (χ0v) is 30.5. The lowest BCUT2D eigenvalue weighted by molar-refractivity contribution is 1.28. The molecule has 0 bridgehead atoms. The van der Waals surface area contributed by atoms with E-state index in [-0.39, 0.29) is 0 Å². The van der Waals surface area contributed by atoms with Crippen LogP contribution in [0.5, 0.6) is 0 Å². The van der Waals surface area contributed by atoms with Crippen LogP contribution >= 0.6 is 0 Å². The predicted octanol–water partition coefficient (Wildman–Crippen LogP) is 15.2. The second kappa shape index (κ2) is 15.4. The van der Waals surface area contributed by atoms with Gasteiger partial charge in [0.25, 0.3) is 0 Å². The molecule has 9 aromatic rings. The zero-order chi connectivity index (χ0) is 36.8. The number of rotatable bonds is 9. The van der Waals surface area contributed by atoms with Crippen molar-refractivity contribution in [1.82, 2.24) is 0 Å². The van der Waals surface area contributed by atoms with Gasteiger partial charge in [0.2, 0.25) is 0 Å². The van der Waals surface area contributed by atoms with Crippen LogP contribution in [0.15, 0.2) is 237 Å². The topological polar surface area (TPSA) is 3.24 Å². The number of anilines is 3. The normalized spacial score (nSPS) is 10.9. The summed E-state index contributed by atoms with van der Waals surface area (Å²) >= 11 is 0. The molecule has 9 rings (SSSR count). The van der Waals surface area contributed by atoms with Crippen molar-refractivity contribution in [3.05, 3.63) is 237 Å². The summed E-state index contributed by atoms with van der Waals surface area (Å²) in [6.45, 7) is 0. The van der Waals surface area contributed by atoms with Gasteiger partial charge in [-0.1, -0.05) is 188 Å². The maximum absolute atomic E-state index is 2.39. The van der Waals surface area contributed by atoms with Gasteiger partial charge in [-0.05, 0) is 115 Å². The SMILES string of the molecule is c1ccc(-c2cccc(-c3ccccc3-c3ccc(N(c4cccc(-c5ccccc5)c4)c4cc(-c5ccccc5)cc(-c5ccccc5)c4)cc3)c2)cc1. The fraction of sp³-hybridized carbons (Fsp3) is 0. The number of benzene rings is 9. The first-order valence-electron chi connectivity index (χ1n) is 18.8. The molecule has 0 amide bonds. The van der Waals surface area contributed by atoms with Crippen LogP contribution in [0.4, 0.5) is 17.1 Å². The summed E-state index contributed by atoms with van der Waals surface area (Å²) in [6, 6.07) is 85.0. The zero-order valence-electron chi connectivity index (χ0n) is 30.5. The maximum Gasteiger partial charge on any atom is 0.0473 e. The van der Waals surface area contributed by atoms with Gasteiger partial charge in [-0.15, -0.1) is 0 Å². The highest BCUT2D eigenvalue weighted by molar-refractivity contribution is 5.89. The summed E-state index contributed by atoms with van der Waals surface area (Å²) in [7, 11) is 0. The van der Waals surface area contributed by atoms with Crippen molar-refractivity contribution in [3.63, 3.8) is 0 Å². The molecular formula is C54H39N. The van der Waals surface area contributed by atoms with Crippen LogP contribution < -0.4 is 4.90 Å². The van der Waals surface area contributed by atoms with E-state index >= 15 is 0 Å². The summed E-state index contributed by atoms with van der Waals surface area (Å²) < 4.78 is 0. The monoisotopic (exact) mass is 701 g/mol. The molecule has 0 radical (unpaired) electrons. The van der Waals surface area contributed by atoms with Gasteiger partial charge in [0.15, 0.2) is 0 Å². The molecule has 0 unspecified atom stereocenters. The second-order valence-electron chi connectivity index (χ2n) is 13.8. The lowest BCUT2D eigenvalue weighted by atomic mass is 9.92. The Morgan fingerprint density at radius 1 is 0.182 bits per heavy atom. The van der Waals surface area contributed by atoms with Gasteiger partial charge in [0.05, 0.1) is 0 Å². The molecule has 55 heavy (non-hydrogen) atoms. The Balaban J connectivity index is 1.17. The van der Waals surface area contributed by atoms with Gasteiger partial charge in [-0.3, -0.25) is 0 Å². The molecule has 0 aliphatic rings. The molecule has 0 saturated carbocycles. The minimum absolute atomic E-state index is 1.08. The molecule has 0 atom stereocenters. The molecule has 0 spiro atoms. The average Bonchev–Trinajstić information content (AvgIpc) is 3.28. The van der Waals surface area contributed by atoms with Crippen molar-refractivity contribution >= 4 is 17.1 Å². The Morgan fingerprint density at radius 3 is 1.07 bits per heavy atom. The summed E-state index contributed by atoms with van der Waals surface area (Å²) in [5.41, 5.74) is 17.6.